The number of benzene rings is 6. The van der Waals surface area contributed by atoms with Crippen molar-refractivity contribution < 1.29 is 221 Å². The maximum atomic E-state index is 14.0. The molecule has 0 bridgehead atoms. The third kappa shape index (κ3) is 17.4. The number of hydrogen-bond donors (Lipinski definition) is 4. The number of aliphatic hydroxyl groups is 4. The number of methoxy groups -OCH3 is 4. The van der Waals surface area contributed by atoms with Crippen molar-refractivity contribution in [1.82, 2.24) is 0 Å². The fourth-order valence-electron chi connectivity index (χ4n) is 15.6. The Morgan fingerprint density at radius 2 is 0.821 bits per heavy atom. The van der Waals surface area contributed by atoms with Gasteiger partial charge in [-0.15, -0.1) is 0 Å². The molecule has 10 aliphatic rings. The smallest absolute Gasteiger partial charge is 0.790 e. The molecule has 4 unspecified atom stereocenters. The van der Waals surface area contributed by atoms with Crippen molar-refractivity contribution in [2.24, 2.45) is 23.7 Å². The molecule has 112 heavy (non-hydrogen) atoms. The number of phosphoric ester groups is 2. The van der Waals surface area contributed by atoms with E-state index in [1.807, 2.05) is 60.7 Å². The van der Waals surface area contributed by atoms with E-state index in [0.717, 1.165) is 11.1 Å². The molecule has 8 aliphatic heterocycles. The van der Waals surface area contributed by atoms with Gasteiger partial charge >= 0.3 is 78.9 Å². The fourth-order valence-corrected chi connectivity index (χ4v) is 16.8. The third-order valence-electron chi connectivity index (χ3n) is 20.7. The number of ether oxygens (including phenoxy) is 20. The van der Waals surface area contributed by atoms with Gasteiger partial charge in [0.2, 0.25) is 31.9 Å². The van der Waals surface area contributed by atoms with E-state index in [9.17, 15) is 48.9 Å². The molecule has 6 aromatic carbocycles. The maximum Gasteiger partial charge on any atom is 1.00 e. The van der Waals surface area contributed by atoms with E-state index in [1.54, 1.807) is 62.4 Å². The predicted molar refractivity (Wildman–Crippen MR) is 364 cm³/mol. The Labute approximate surface area is 685 Å². The summed E-state index contributed by atoms with van der Waals surface area (Å²) < 4.78 is 163. The Morgan fingerprint density at radius 1 is 0.455 bits per heavy atom. The van der Waals surface area contributed by atoms with E-state index in [4.69, 9.17) is 108 Å². The zero-order chi connectivity index (χ0) is 76.9. The molecule has 20 atom stereocenters. The standard InChI is InChI=1S/C44H47O17P.C30H35O17P.2Na/c1-24-51-21-35-42(59-24)38(45)39(46)44(60-35)61-40-29-17-32-31(53-22-54-32)16-28(29)36(37-30(40)20-52-43(37)47)27-14-33(49-2)41(34(15-27)50-3)55-23-58-62(48,56-18-25-10-6-4-7-11-25)57-19-26-12-8-5-9-13-26;1-12-39-9-21-28(45-12)24(31)25(32)30(46-21)47-26-15-7-18-17(41-10-42-18)6-14(15)22(23-16(26)8-40-29(23)33)13-4-19(37-2)27(20(5-13)38-3)43-11-44-48(34,35)36;;/h4-17,24,30,35-40,42,44-46H,18-23H2,1-3H3;4-7,12,16,21-26,28,30-32H,8-11H2,1-3H3,(H2,34,35,36);;/q;;2*+1/p-2/t24?,30-,35+,36+,37-,38+,39+,40+,42?,44-;12?,16-,21+,22+,23-,24+,25+,26+,28?,30-;;/m00../s1. The minimum atomic E-state index is -5.32. The van der Waals surface area contributed by atoms with Crippen LogP contribution in [0.2, 0.25) is 0 Å². The van der Waals surface area contributed by atoms with Crippen molar-refractivity contribution in [3.05, 3.63) is 154 Å². The molecule has 8 heterocycles. The summed E-state index contributed by atoms with van der Waals surface area (Å²) in [5, 5.41) is 44.4. The van der Waals surface area contributed by atoms with Crippen molar-refractivity contribution in [2.45, 2.75) is 125 Å². The van der Waals surface area contributed by atoms with Crippen LogP contribution in [0.15, 0.2) is 109 Å². The van der Waals surface area contributed by atoms with Crippen LogP contribution in [0, 0.1) is 23.7 Å². The number of carbonyl (C=O) groups excluding carboxylic acids is 2. The van der Waals surface area contributed by atoms with Gasteiger partial charge in [-0.2, -0.15) is 0 Å². The van der Waals surface area contributed by atoms with E-state index in [-0.39, 0.29) is 147 Å². The molecular weight excluding hydrogens is 1540 g/mol. The van der Waals surface area contributed by atoms with Crippen LogP contribution in [-0.2, 0) is 97.4 Å². The molecule has 4 N–H and O–H groups in total. The van der Waals surface area contributed by atoms with Crippen molar-refractivity contribution in [2.75, 3.05) is 82.0 Å². The fraction of sp³-hybridized carbons (Fsp3) is 0.486. The van der Waals surface area contributed by atoms with Crippen LogP contribution in [0.4, 0.5) is 0 Å². The zero-order valence-corrected chi connectivity index (χ0v) is 67.7. The van der Waals surface area contributed by atoms with E-state index in [0.29, 0.717) is 56.4 Å². The van der Waals surface area contributed by atoms with Crippen molar-refractivity contribution in [1.29, 1.82) is 0 Å². The van der Waals surface area contributed by atoms with Gasteiger partial charge in [0.05, 0.1) is 99.9 Å². The van der Waals surface area contributed by atoms with Gasteiger partial charge < -0.3 is 134 Å². The summed E-state index contributed by atoms with van der Waals surface area (Å²) in [6, 6.07) is 32.1. The first-order valence-electron chi connectivity index (χ1n) is 35.2. The molecule has 0 amide bonds. The van der Waals surface area contributed by atoms with Gasteiger partial charge in [0, 0.05) is 23.7 Å². The first-order chi connectivity index (χ1) is 53.1. The van der Waals surface area contributed by atoms with Crippen LogP contribution >= 0.6 is 15.6 Å². The summed E-state index contributed by atoms with van der Waals surface area (Å²) >= 11 is 0. The molecule has 0 radical (unpaired) electrons. The second-order valence-corrected chi connectivity index (χ2v) is 30.0. The van der Waals surface area contributed by atoms with E-state index >= 15 is 0 Å². The molecule has 0 spiro atoms. The molecule has 6 aromatic rings. The average Bonchev–Trinajstić information content (AvgIpc) is 1.45. The molecule has 592 valence electrons. The summed E-state index contributed by atoms with van der Waals surface area (Å²) in [5.41, 5.74) is 5.12. The van der Waals surface area contributed by atoms with Crippen molar-refractivity contribution >= 4 is 27.6 Å². The van der Waals surface area contributed by atoms with Crippen LogP contribution in [0.25, 0.3) is 0 Å². The summed E-state index contributed by atoms with van der Waals surface area (Å²) in [7, 11) is -3.94. The van der Waals surface area contributed by atoms with Crippen LogP contribution in [-0.4, -0.2) is 188 Å². The Balaban J connectivity index is 0.000000199. The van der Waals surface area contributed by atoms with Crippen LogP contribution < -0.4 is 116 Å². The largest absolute Gasteiger partial charge is 1.00 e. The van der Waals surface area contributed by atoms with Crippen molar-refractivity contribution in [3.8, 4) is 57.5 Å². The van der Waals surface area contributed by atoms with Crippen LogP contribution in [0.3, 0.4) is 0 Å². The number of aliphatic hydroxyl groups excluding tert-OH is 4. The molecule has 6 saturated heterocycles. The third-order valence-corrected chi connectivity index (χ3v) is 22.5. The Hall–Kier alpha value is -6.00. The van der Waals surface area contributed by atoms with Gasteiger partial charge in [0.15, 0.2) is 77.9 Å². The van der Waals surface area contributed by atoms with Gasteiger partial charge in [-0.25, -0.2) is 9.09 Å². The summed E-state index contributed by atoms with van der Waals surface area (Å²) in [6.07, 6.45) is -14.3. The number of cyclic esters (lactones) is 2. The Morgan fingerprint density at radius 3 is 1.19 bits per heavy atom. The summed E-state index contributed by atoms with van der Waals surface area (Å²) in [6.45, 7) is 1.91. The number of fused-ring (bicyclic) bond motifs is 8. The normalized spacial score (nSPS) is 30.3. The van der Waals surface area contributed by atoms with Gasteiger partial charge in [-0.1, -0.05) is 60.7 Å². The van der Waals surface area contributed by atoms with Gasteiger partial charge in [0.1, 0.15) is 48.8 Å². The molecule has 16 rings (SSSR count). The van der Waals surface area contributed by atoms with Gasteiger partial charge in [0.25, 0.3) is 0 Å². The minimum Gasteiger partial charge on any atom is -0.790 e. The second kappa shape index (κ2) is 35.8. The average molecular weight is 1620 g/mol. The summed E-state index contributed by atoms with van der Waals surface area (Å²) in [5.74, 6) is -2.72. The number of esters is 2. The second-order valence-electron chi connectivity index (χ2n) is 27.1. The molecule has 34 nitrogen and oxygen atoms in total. The molecule has 0 saturated carbocycles. The summed E-state index contributed by atoms with van der Waals surface area (Å²) in [4.78, 5) is 49.4. The van der Waals surface area contributed by atoms with Gasteiger partial charge in [-0.3, -0.25) is 18.6 Å². The minimum absolute atomic E-state index is 0. The van der Waals surface area contributed by atoms with Crippen LogP contribution in [0.5, 0.6) is 57.5 Å². The molecule has 0 aromatic heterocycles. The molecular formula is C74H80Na2O34P2. The van der Waals surface area contributed by atoms with Crippen LogP contribution in [0.1, 0.15) is 82.4 Å². The monoisotopic (exact) mass is 1620 g/mol. The zero-order valence-electron chi connectivity index (χ0n) is 61.9. The SMILES string of the molecule is COc1cc([C@@H]2c3cc4c(cc3[C@@H](O[C@@H]3O[C@@H]5COC(C)OC5[C@H](O)[C@H]3O)[C@H]3COC(=O)[C@H]23)OCO4)cc(OC)c1OCOP(=O)(OCc1ccccc1)OCc1ccccc1.COc1cc([C@@H]2c3cc4c(cc3[C@@H](O[C@@H]3O[C@@H]5COC(C)OC5[C@H](O)[C@H]3O)[C@H]3COC(=O)[C@H]23)OCO4)cc(OC)c1OCOP(=O)([O-])[O-].[Na+].[Na+]. The molecule has 2 aliphatic carbocycles. The first-order valence-corrected chi connectivity index (χ1v) is 38.2. The van der Waals surface area contributed by atoms with E-state index in [1.165, 1.54) is 28.4 Å². The molecule has 6 fully saturated rings. The number of rotatable bonds is 24. The first kappa shape index (κ1) is 83.9. The maximum absolute atomic E-state index is 14.0. The van der Waals surface area contributed by atoms with Gasteiger partial charge in [-0.05, 0) is 107 Å². The molecule has 38 heteroatoms. The van der Waals surface area contributed by atoms with Crippen molar-refractivity contribution in [3.63, 3.8) is 0 Å². The topological polar surface area (TPSA) is 417 Å². The van der Waals surface area contributed by atoms with E-state index in [2.05, 4.69) is 4.52 Å². The number of hydrogen-bond acceptors (Lipinski definition) is 34. The Kier molecular flexibility index (Phi) is 26.9. The quantitative estimate of drug-likeness (QED) is 0.0253. The number of carbonyl (C=O) groups is 2. The predicted octanol–water partition coefficient (Wildman–Crippen LogP) is -0.650. The van der Waals surface area contributed by atoms with E-state index < -0.39 is 163 Å². The number of phosphoric acid groups is 2. The Bertz CT molecular complexity index is 4310.